The van der Waals surface area contributed by atoms with E-state index in [0.29, 0.717) is 11.5 Å². The Morgan fingerprint density at radius 1 is 1.32 bits per heavy atom. The van der Waals surface area contributed by atoms with Crippen LogP contribution in [0.1, 0.15) is 66.3 Å². The van der Waals surface area contributed by atoms with E-state index in [-0.39, 0.29) is 17.9 Å². The smallest absolute Gasteiger partial charge is 0.273 e. The Balaban J connectivity index is 1.73. The van der Waals surface area contributed by atoms with Crippen molar-refractivity contribution in [2.24, 2.45) is 0 Å². The molecule has 0 aromatic carbocycles. The van der Waals surface area contributed by atoms with E-state index in [1.807, 2.05) is 16.3 Å². The topological polar surface area (TPSA) is 76.3 Å². The first kappa shape index (κ1) is 16.1. The van der Waals surface area contributed by atoms with Crippen LogP contribution in [0, 0.1) is 0 Å². The highest BCUT2D eigenvalue weighted by Crippen LogP contribution is 2.33. The maximum absolute atomic E-state index is 13.2. The van der Waals surface area contributed by atoms with E-state index in [2.05, 4.69) is 33.9 Å². The van der Waals surface area contributed by atoms with E-state index in [1.165, 1.54) is 6.33 Å². The van der Waals surface area contributed by atoms with Gasteiger partial charge in [0.15, 0.2) is 0 Å². The number of piperidine rings is 1. The van der Waals surface area contributed by atoms with Crippen LogP contribution in [0.15, 0.2) is 24.0 Å². The van der Waals surface area contributed by atoms with Crippen molar-refractivity contribution in [1.29, 1.82) is 0 Å². The van der Waals surface area contributed by atoms with Crippen molar-refractivity contribution >= 4 is 23.0 Å². The third-order valence-corrected chi connectivity index (χ3v) is 5.47. The summed E-state index contributed by atoms with van der Waals surface area (Å²) in [6.07, 6.45) is 6.35. The van der Waals surface area contributed by atoms with Crippen molar-refractivity contribution in [2.75, 3.05) is 6.54 Å². The second-order valence-corrected chi connectivity index (χ2v) is 7.50. The summed E-state index contributed by atoms with van der Waals surface area (Å²) in [4.78, 5) is 28.2. The average Bonchev–Trinajstić information content (AvgIpc) is 3.31. The minimum absolute atomic E-state index is 0.0413. The van der Waals surface area contributed by atoms with Gasteiger partial charge < -0.3 is 4.90 Å². The molecule has 130 valence electrons. The maximum Gasteiger partial charge on any atom is 0.273 e. The van der Waals surface area contributed by atoms with Crippen LogP contribution in [0.3, 0.4) is 0 Å². The van der Waals surface area contributed by atoms with Crippen molar-refractivity contribution in [3.05, 3.63) is 40.4 Å². The number of rotatable bonds is 3. The van der Waals surface area contributed by atoms with Gasteiger partial charge in [0.2, 0.25) is 0 Å². The lowest BCUT2D eigenvalue weighted by Gasteiger charge is -2.34. The molecule has 0 saturated carbocycles. The molecule has 0 unspecified atom stereocenters. The van der Waals surface area contributed by atoms with Crippen LogP contribution in [-0.2, 0) is 0 Å². The monoisotopic (exact) mass is 356 g/mol. The molecule has 1 fully saturated rings. The number of carbonyl (C=O) groups excluding carboxylic acids is 1. The van der Waals surface area contributed by atoms with E-state index in [9.17, 15) is 4.79 Å². The van der Waals surface area contributed by atoms with E-state index >= 15 is 0 Å². The standard InChI is InChI=1S/C17H20N6OS/c1-11(2)14-9-12(21-17-19-10-20-23(14)17)16(24)22-7-4-3-5-13(22)15-18-6-8-25-15/h6,8-11,13H,3-5,7H2,1-2H3/t13-/m1/s1. The number of nitrogens with zero attached hydrogens (tertiary/aromatic N) is 6. The van der Waals surface area contributed by atoms with Crippen LogP contribution in [-0.4, -0.2) is 41.9 Å². The lowest BCUT2D eigenvalue weighted by atomic mass is 10.0. The molecule has 1 aliphatic rings. The number of carbonyl (C=O) groups is 1. The largest absolute Gasteiger partial charge is 0.328 e. The Hall–Kier alpha value is -2.35. The summed E-state index contributed by atoms with van der Waals surface area (Å²) in [5.74, 6) is 0.638. The SMILES string of the molecule is CC(C)c1cc(C(=O)N2CCCC[C@@H]2c2nccs2)nc2ncnn12. The first-order valence-electron chi connectivity index (χ1n) is 8.56. The normalized spacial score (nSPS) is 18.2. The summed E-state index contributed by atoms with van der Waals surface area (Å²) >= 11 is 1.61. The molecule has 1 amide bonds. The molecule has 1 saturated heterocycles. The molecule has 8 heteroatoms. The van der Waals surface area contributed by atoms with Crippen molar-refractivity contribution in [3.8, 4) is 0 Å². The minimum Gasteiger partial charge on any atom is -0.328 e. The summed E-state index contributed by atoms with van der Waals surface area (Å²) in [5, 5.41) is 7.18. The van der Waals surface area contributed by atoms with Crippen molar-refractivity contribution < 1.29 is 4.79 Å². The lowest BCUT2D eigenvalue weighted by Crippen LogP contribution is -2.39. The fourth-order valence-electron chi connectivity index (χ4n) is 3.33. The third kappa shape index (κ3) is 2.90. The summed E-state index contributed by atoms with van der Waals surface area (Å²) in [7, 11) is 0. The van der Waals surface area contributed by atoms with Crippen LogP contribution in [0.25, 0.3) is 5.78 Å². The van der Waals surface area contributed by atoms with Crippen LogP contribution in [0.5, 0.6) is 0 Å². The van der Waals surface area contributed by atoms with Crippen LogP contribution in [0.2, 0.25) is 0 Å². The molecule has 1 atom stereocenters. The third-order valence-electron chi connectivity index (χ3n) is 4.59. The molecule has 0 aliphatic carbocycles. The summed E-state index contributed by atoms with van der Waals surface area (Å²) in [6, 6.07) is 1.89. The second-order valence-electron chi connectivity index (χ2n) is 6.57. The summed E-state index contributed by atoms with van der Waals surface area (Å²) in [6.45, 7) is 4.88. The molecular formula is C17H20N6OS. The minimum atomic E-state index is -0.0488. The highest BCUT2D eigenvalue weighted by molar-refractivity contribution is 7.09. The molecular weight excluding hydrogens is 336 g/mol. The first-order chi connectivity index (χ1) is 12.1. The zero-order chi connectivity index (χ0) is 17.4. The molecule has 0 N–H and O–H groups in total. The summed E-state index contributed by atoms with van der Waals surface area (Å²) in [5.41, 5.74) is 1.38. The lowest BCUT2D eigenvalue weighted by molar-refractivity contribution is 0.0605. The maximum atomic E-state index is 13.2. The number of likely N-dealkylation sites (tertiary alicyclic amines) is 1. The van der Waals surface area contributed by atoms with Gasteiger partial charge in [-0.3, -0.25) is 4.79 Å². The van der Waals surface area contributed by atoms with Gasteiger partial charge in [0.05, 0.1) is 11.7 Å². The molecule has 4 heterocycles. The van der Waals surface area contributed by atoms with Gasteiger partial charge in [-0.1, -0.05) is 13.8 Å². The predicted octanol–water partition coefficient (Wildman–Crippen LogP) is 3.07. The first-order valence-corrected chi connectivity index (χ1v) is 9.44. The highest BCUT2D eigenvalue weighted by atomic mass is 32.1. The number of amides is 1. The van der Waals surface area contributed by atoms with Gasteiger partial charge in [0, 0.05) is 18.1 Å². The van der Waals surface area contributed by atoms with Gasteiger partial charge in [-0.25, -0.2) is 14.5 Å². The van der Waals surface area contributed by atoms with E-state index < -0.39 is 0 Å². The Labute approximate surface area is 149 Å². The molecule has 3 aromatic heterocycles. The van der Waals surface area contributed by atoms with Crippen LogP contribution in [0.4, 0.5) is 0 Å². The van der Waals surface area contributed by atoms with Gasteiger partial charge in [-0.2, -0.15) is 10.1 Å². The van der Waals surface area contributed by atoms with E-state index in [1.54, 1.807) is 22.0 Å². The molecule has 25 heavy (non-hydrogen) atoms. The molecule has 0 bridgehead atoms. The van der Waals surface area contributed by atoms with Crippen molar-refractivity contribution in [3.63, 3.8) is 0 Å². The van der Waals surface area contributed by atoms with Crippen LogP contribution < -0.4 is 0 Å². The van der Waals surface area contributed by atoms with E-state index in [0.717, 1.165) is 36.5 Å². The number of thiazole rings is 1. The van der Waals surface area contributed by atoms with Gasteiger partial charge >= 0.3 is 0 Å². The van der Waals surface area contributed by atoms with Gasteiger partial charge in [-0.15, -0.1) is 11.3 Å². The molecule has 3 aromatic rings. The fourth-order valence-corrected chi connectivity index (χ4v) is 4.12. The zero-order valence-electron chi connectivity index (χ0n) is 14.3. The number of aromatic nitrogens is 5. The van der Waals surface area contributed by atoms with Gasteiger partial charge in [0.1, 0.15) is 17.0 Å². The Bertz CT molecular complexity index is 888. The molecule has 4 rings (SSSR count). The Morgan fingerprint density at radius 2 is 2.20 bits per heavy atom. The van der Waals surface area contributed by atoms with Gasteiger partial charge in [-0.05, 0) is 31.2 Å². The second kappa shape index (κ2) is 6.51. The predicted molar refractivity (Wildman–Crippen MR) is 94.6 cm³/mol. The van der Waals surface area contributed by atoms with Crippen molar-refractivity contribution in [2.45, 2.75) is 45.1 Å². The molecule has 7 nitrogen and oxygen atoms in total. The average molecular weight is 356 g/mol. The Kier molecular flexibility index (Phi) is 4.20. The molecule has 0 spiro atoms. The van der Waals surface area contributed by atoms with Crippen LogP contribution >= 0.6 is 11.3 Å². The molecule has 0 radical (unpaired) electrons. The highest BCUT2D eigenvalue weighted by Gasteiger charge is 2.31. The zero-order valence-corrected chi connectivity index (χ0v) is 15.1. The number of hydrogen-bond donors (Lipinski definition) is 0. The Morgan fingerprint density at radius 3 is 2.96 bits per heavy atom. The molecule has 1 aliphatic heterocycles. The van der Waals surface area contributed by atoms with Crippen molar-refractivity contribution in [1.82, 2.24) is 29.5 Å². The summed E-state index contributed by atoms with van der Waals surface area (Å²) < 4.78 is 1.70. The van der Waals surface area contributed by atoms with E-state index in [4.69, 9.17) is 0 Å². The number of fused-ring (bicyclic) bond motifs is 1. The number of hydrogen-bond acceptors (Lipinski definition) is 6. The fraction of sp³-hybridized carbons (Fsp3) is 0.471. The van der Waals surface area contributed by atoms with Gasteiger partial charge in [0.25, 0.3) is 11.7 Å². The quantitative estimate of drug-likeness (QED) is 0.721.